The van der Waals surface area contributed by atoms with Gasteiger partial charge < -0.3 is 9.64 Å². The minimum Gasteiger partial charge on any atom is -0.481 e. The van der Waals surface area contributed by atoms with Crippen LogP contribution in [0.25, 0.3) is 11.1 Å². The first kappa shape index (κ1) is 19.5. The fourth-order valence-electron chi connectivity index (χ4n) is 2.98. The van der Waals surface area contributed by atoms with Crippen molar-refractivity contribution in [1.82, 2.24) is 14.9 Å². The predicted octanol–water partition coefficient (Wildman–Crippen LogP) is 4.59. The Kier molecular flexibility index (Phi) is 6.37. The highest BCUT2D eigenvalue weighted by atomic mass is 16.5. The van der Waals surface area contributed by atoms with E-state index in [1.807, 2.05) is 59.6 Å². The predicted molar refractivity (Wildman–Crippen MR) is 110 cm³/mol. The van der Waals surface area contributed by atoms with E-state index in [1.54, 1.807) is 19.5 Å². The summed E-state index contributed by atoms with van der Waals surface area (Å²) >= 11 is 0. The molecule has 0 spiro atoms. The van der Waals surface area contributed by atoms with Gasteiger partial charge in [-0.3, -0.25) is 9.78 Å². The molecule has 1 amide bonds. The van der Waals surface area contributed by atoms with Crippen molar-refractivity contribution in [3.63, 3.8) is 0 Å². The van der Waals surface area contributed by atoms with E-state index in [1.165, 1.54) is 0 Å². The summed E-state index contributed by atoms with van der Waals surface area (Å²) < 4.78 is 5.10. The fourth-order valence-corrected chi connectivity index (χ4v) is 2.98. The quantitative estimate of drug-likeness (QED) is 0.606. The monoisotopic (exact) mass is 375 g/mol. The van der Waals surface area contributed by atoms with Gasteiger partial charge >= 0.3 is 0 Å². The zero-order chi connectivity index (χ0) is 19.9. The molecule has 1 aromatic carbocycles. The number of ether oxygens (including phenoxy) is 1. The highest BCUT2D eigenvalue weighted by Gasteiger charge is 2.21. The number of rotatable bonds is 7. The van der Waals surface area contributed by atoms with Crippen LogP contribution in [0, 0.1) is 0 Å². The van der Waals surface area contributed by atoms with Gasteiger partial charge in [0, 0.05) is 48.4 Å². The molecule has 0 aliphatic carbocycles. The second-order valence-corrected chi connectivity index (χ2v) is 6.72. The highest BCUT2D eigenvalue weighted by Crippen LogP contribution is 2.22. The average molecular weight is 375 g/mol. The Morgan fingerprint density at radius 1 is 1.07 bits per heavy atom. The van der Waals surface area contributed by atoms with Gasteiger partial charge in [-0.2, -0.15) is 0 Å². The Morgan fingerprint density at radius 2 is 1.82 bits per heavy atom. The molecule has 1 atom stereocenters. The van der Waals surface area contributed by atoms with E-state index in [0.29, 0.717) is 18.0 Å². The molecule has 2 heterocycles. The molecule has 2 aromatic heterocycles. The van der Waals surface area contributed by atoms with Crippen molar-refractivity contribution < 1.29 is 9.53 Å². The fraction of sp³-hybridized carbons (Fsp3) is 0.261. The molecular formula is C23H25N3O2. The summed E-state index contributed by atoms with van der Waals surface area (Å²) in [6.45, 7) is 4.71. The van der Waals surface area contributed by atoms with E-state index in [4.69, 9.17) is 4.74 Å². The first-order valence-electron chi connectivity index (χ1n) is 9.42. The van der Waals surface area contributed by atoms with Crippen molar-refractivity contribution >= 4 is 5.91 Å². The third-order valence-electron chi connectivity index (χ3n) is 4.87. The zero-order valence-corrected chi connectivity index (χ0v) is 16.5. The van der Waals surface area contributed by atoms with Crippen LogP contribution in [0.3, 0.4) is 0 Å². The molecule has 0 bridgehead atoms. The zero-order valence-electron chi connectivity index (χ0n) is 16.5. The maximum atomic E-state index is 13.2. The van der Waals surface area contributed by atoms with Gasteiger partial charge in [-0.25, -0.2) is 4.98 Å². The van der Waals surface area contributed by atoms with Crippen molar-refractivity contribution in [2.75, 3.05) is 7.11 Å². The number of hydrogen-bond donors (Lipinski definition) is 0. The summed E-state index contributed by atoms with van der Waals surface area (Å²) in [4.78, 5) is 23.5. The van der Waals surface area contributed by atoms with Crippen molar-refractivity contribution in [3.05, 3.63) is 78.2 Å². The van der Waals surface area contributed by atoms with Gasteiger partial charge in [0.15, 0.2) is 0 Å². The number of methoxy groups -OCH3 is 1. The smallest absolute Gasteiger partial charge is 0.254 e. The Labute approximate surface area is 166 Å². The number of nitrogens with zero attached hydrogens (tertiary/aromatic N) is 3. The number of carbonyl (C=O) groups is 1. The highest BCUT2D eigenvalue weighted by molar-refractivity contribution is 5.95. The van der Waals surface area contributed by atoms with E-state index < -0.39 is 0 Å². The van der Waals surface area contributed by atoms with Crippen LogP contribution in [0.15, 0.2) is 67.1 Å². The second kappa shape index (κ2) is 9.13. The van der Waals surface area contributed by atoms with Crippen molar-refractivity contribution in [1.29, 1.82) is 0 Å². The molecule has 5 heteroatoms. The first-order chi connectivity index (χ1) is 13.6. The number of pyridine rings is 2. The van der Waals surface area contributed by atoms with Gasteiger partial charge in [0.2, 0.25) is 5.88 Å². The van der Waals surface area contributed by atoms with Crippen molar-refractivity contribution in [2.24, 2.45) is 0 Å². The van der Waals surface area contributed by atoms with Gasteiger partial charge in [0.1, 0.15) is 0 Å². The summed E-state index contributed by atoms with van der Waals surface area (Å²) in [6.07, 6.45) is 6.21. The first-order valence-corrected chi connectivity index (χ1v) is 9.42. The van der Waals surface area contributed by atoms with Crippen LogP contribution in [0.4, 0.5) is 0 Å². The number of carbonyl (C=O) groups excluding carboxylic acids is 1. The lowest BCUT2D eigenvalue weighted by atomic mass is 10.0. The van der Waals surface area contributed by atoms with E-state index in [-0.39, 0.29) is 11.9 Å². The molecule has 0 saturated carbocycles. The average Bonchev–Trinajstić information content (AvgIpc) is 2.77. The molecule has 0 aliphatic rings. The minimum absolute atomic E-state index is 0.0256. The summed E-state index contributed by atoms with van der Waals surface area (Å²) in [5.74, 6) is 0.604. The third-order valence-corrected chi connectivity index (χ3v) is 4.87. The standard InChI is InChI=1S/C23H25N3O2/c1-4-17(2)26(16-18-6-5-13-24-14-18)23(27)20-9-7-19(8-10-20)21-11-12-22(28-3)25-15-21/h5-15,17H,4,16H2,1-3H3. The summed E-state index contributed by atoms with van der Waals surface area (Å²) in [6, 6.07) is 15.5. The van der Waals surface area contributed by atoms with Gasteiger partial charge in [0.25, 0.3) is 5.91 Å². The molecule has 3 aromatic rings. The molecule has 0 saturated heterocycles. The normalized spacial score (nSPS) is 11.7. The van der Waals surface area contributed by atoms with Crippen LogP contribution < -0.4 is 4.74 Å². The number of hydrogen-bond acceptors (Lipinski definition) is 4. The Balaban J connectivity index is 1.80. The van der Waals surface area contributed by atoms with E-state index in [9.17, 15) is 4.79 Å². The molecule has 28 heavy (non-hydrogen) atoms. The Morgan fingerprint density at radius 3 is 2.39 bits per heavy atom. The van der Waals surface area contributed by atoms with Crippen molar-refractivity contribution in [3.8, 4) is 17.0 Å². The third kappa shape index (κ3) is 4.55. The van der Waals surface area contributed by atoms with E-state index >= 15 is 0 Å². The lowest BCUT2D eigenvalue weighted by Crippen LogP contribution is -2.37. The molecule has 0 N–H and O–H groups in total. The summed E-state index contributed by atoms with van der Waals surface area (Å²) in [7, 11) is 1.59. The maximum Gasteiger partial charge on any atom is 0.254 e. The van der Waals surface area contributed by atoms with Gasteiger partial charge in [-0.15, -0.1) is 0 Å². The molecule has 1 unspecified atom stereocenters. The van der Waals surface area contributed by atoms with Crippen LogP contribution >= 0.6 is 0 Å². The molecule has 5 nitrogen and oxygen atoms in total. The van der Waals surface area contributed by atoms with E-state index in [2.05, 4.69) is 23.8 Å². The number of benzene rings is 1. The molecule has 3 rings (SSSR count). The van der Waals surface area contributed by atoms with Gasteiger partial charge in [0.05, 0.1) is 7.11 Å². The minimum atomic E-state index is 0.0256. The van der Waals surface area contributed by atoms with E-state index in [0.717, 1.165) is 23.1 Å². The maximum absolute atomic E-state index is 13.2. The topological polar surface area (TPSA) is 55.3 Å². The number of aromatic nitrogens is 2. The lowest BCUT2D eigenvalue weighted by Gasteiger charge is -2.29. The Hall–Kier alpha value is -3.21. The van der Waals surface area contributed by atoms with Crippen LogP contribution in [-0.2, 0) is 6.54 Å². The van der Waals surface area contributed by atoms with Crippen molar-refractivity contribution in [2.45, 2.75) is 32.9 Å². The summed E-state index contributed by atoms with van der Waals surface area (Å²) in [5.41, 5.74) is 3.69. The van der Waals surface area contributed by atoms with Crippen LogP contribution in [0.2, 0.25) is 0 Å². The molecule has 0 fully saturated rings. The number of amides is 1. The molecule has 0 aliphatic heterocycles. The van der Waals surface area contributed by atoms with Crippen LogP contribution in [-0.4, -0.2) is 33.9 Å². The van der Waals surface area contributed by atoms with Gasteiger partial charge in [-0.1, -0.05) is 25.1 Å². The second-order valence-electron chi connectivity index (χ2n) is 6.72. The molecule has 144 valence electrons. The molecule has 0 radical (unpaired) electrons. The summed E-state index contributed by atoms with van der Waals surface area (Å²) in [5, 5.41) is 0. The SMILES string of the molecule is CCC(C)N(Cc1cccnc1)C(=O)c1ccc(-c2ccc(OC)nc2)cc1. The largest absolute Gasteiger partial charge is 0.481 e. The van der Waals surface area contributed by atoms with Crippen LogP contribution in [0.5, 0.6) is 5.88 Å². The molecular weight excluding hydrogens is 350 g/mol. The van der Waals surface area contributed by atoms with Gasteiger partial charge in [-0.05, 0) is 48.7 Å². The lowest BCUT2D eigenvalue weighted by molar-refractivity contribution is 0.0671. The van der Waals surface area contributed by atoms with Crippen LogP contribution in [0.1, 0.15) is 36.2 Å². The Bertz CT molecular complexity index is 893.